The number of hydrogen-bond acceptors (Lipinski definition) is 1. The van der Waals surface area contributed by atoms with E-state index in [1.165, 1.54) is 24.8 Å². The maximum absolute atomic E-state index is 6.25. The lowest BCUT2D eigenvalue weighted by Gasteiger charge is -2.49. The summed E-state index contributed by atoms with van der Waals surface area (Å²) in [4.78, 5) is 0. The number of rotatable bonds is 3. The number of halogens is 1. The van der Waals surface area contributed by atoms with Gasteiger partial charge in [0.05, 0.1) is 0 Å². The van der Waals surface area contributed by atoms with Gasteiger partial charge >= 0.3 is 0 Å². The molecule has 0 saturated heterocycles. The topological polar surface area (TPSA) is 12.0 Å². The predicted octanol–water partition coefficient (Wildman–Crippen LogP) is 3.67. The van der Waals surface area contributed by atoms with Gasteiger partial charge in [0.2, 0.25) is 0 Å². The van der Waals surface area contributed by atoms with Gasteiger partial charge in [-0.1, -0.05) is 32.0 Å². The van der Waals surface area contributed by atoms with Crippen molar-refractivity contribution in [3.63, 3.8) is 0 Å². The van der Waals surface area contributed by atoms with Crippen molar-refractivity contribution in [2.45, 2.75) is 57.5 Å². The van der Waals surface area contributed by atoms with Gasteiger partial charge < -0.3 is 5.32 Å². The molecule has 0 amide bonds. The molecule has 0 aliphatic heterocycles. The zero-order chi connectivity index (χ0) is 12.8. The first-order valence-electron chi connectivity index (χ1n) is 7.05. The number of benzene rings is 1. The Morgan fingerprint density at radius 2 is 2.06 bits per heavy atom. The highest BCUT2D eigenvalue weighted by molar-refractivity contribution is 6.21. The summed E-state index contributed by atoms with van der Waals surface area (Å²) in [6.45, 7) is 5.49. The Labute approximate surface area is 115 Å². The van der Waals surface area contributed by atoms with E-state index in [4.69, 9.17) is 11.6 Å². The van der Waals surface area contributed by atoms with Crippen LogP contribution in [0, 0.1) is 5.41 Å². The highest BCUT2D eigenvalue weighted by Crippen LogP contribution is 2.44. The number of nitrogens with one attached hydrogen (secondary N) is 1. The maximum atomic E-state index is 6.25. The Hall–Kier alpha value is -0.530. The van der Waals surface area contributed by atoms with E-state index in [1.807, 2.05) is 0 Å². The van der Waals surface area contributed by atoms with Crippen LogP contribution in [0.2, 0.25) is 0 Å². The van der Waals surface area contributed by atoms with Crippen LogP contribution in [0.5, 0.6) is 0 Å². The van der Waals surface area contributed by atoms with Crippen LogP contribution in [-0.4, -0.2) is 11.4 Å². The molecule has 2 unspecified atom stereocenters. The van der Waals surface area contributed by atoms with Crippen molar-refractivity contribution >= 4 is 11.6 Å². The van der Waals surface area contributed by atoms with Gasteiger partial charge in [-0.05, 0) is 47.8 Å². The molecule has 2 aliphatic rings. The Kier molecular flexibility index (Phi) is 3.15. The van der Waals surface area contributed by atoms with E-state index in [-0.39, 0.29) is 5.41 Å². The third-order valence-corrected chi connectivity index (χ3v) is 5.60. The van der Waals surface area contributed by atoms with Crippen LogP contribution in [-0.2, 0) is 19.4 Å². The summed E-state index contributed by atoms with van der Waals surface area (Å²) in [5.74, 6) is 0. The van der Waals surface area contributed by atoms with Gasteiger partial charge in [0.15, 0.2) is 0 Å². The largest absolute Gasteiger partial charge is 0.309 e. The fraction of sp³-hybridized carbons (Fsp3) is 0.625. The van der Waals surface area contributed by atoms with Crippen LogP contribution in [0.3, 0.4) is 0 Å². The van der Waals surface area contributed by atoms with Crippen molar-refractivity contribution in [2.24, 2.45) is 5.41 Å². The van der Waals surface area contributed by atoms with Gasteiger partial charge in [-0.25, -0.2) is 0 Å². The Morgan fingerprint density at radius 1 is 1.28 bits per heavy atom. The van der Waals surface area contributed by atoms with Crippen molar-refractivity contribution in [2.75, 3.05) is 0 Å². The van der Waals surface area contributed by atoms with Crippen LogP contribution in [0.4, 0.5) is 0 Å². The first-order valence-corrected chi connectivity index (χ1v) is 7.49. The molecule has 98 valence electrons. The van der Waals surface area contributed by atoms with Crippen LogP contribution in [0.15, 0.2) is 18.2 Å². The van der Waals surface area contributed by atoms with E-state index in [0.717, 1.165) is 13.0 Å². The summed E-state index contributed by atoms with van der Waals surface area (Å²) >= 11 is 6.25. The highest BCUT2D eigenvalue weighted by atomic mass is 35.5. The highest BCUT2D eigenvalue weighted by Gasteiger charge is 2.46. The lowest BCUT2D eigenvalue weighted by Crippen LogP contribution is -2.57. The van der Waals surface area contributed by atoms with E-state index in [2.05, 4.69) is 37.4 Å². The van der Waals surface area contributed by atoms with E-state index in [1.54, 1.807) is 11.1 Å². The van der Waals surface area contributed by atoms with Crippen molar-refractivity contribution < 1.29 is 0 Å². The van der Waals surface area contributed by atoms with Crippen molar-refractivity contribution in [3.8, 4) is 0 Å². The number of alkyl halides is 1. The van der Waals surface area contributed by atoms with Crippen molar-refractivity contribution in [3.05, 3.63) is 34.9 Å². The van der Waals surface area contributed by atoms with Gasteiger partial charge in [-0.2, -0.15) is 0 Å². The molecular formula is C16H22ClN. The van der Waals surface area contributed by atoms with E-state index < -0.39 is 0 Å². The predicted molar refractivity (Wildman–Crippen MR) is 77.1 cm³/mol. The molecular weight excluding hydrogens is 242 g/mol. The Balaban J connectivity index is 1.61. The molecule has 1 aromatic carbocycles. The smallest absolute Gasteiger partial charge is 0.0416 e. The molecule has 0 aromatic heterocycles. The molecule has 0 spiro atoms. The lowest BCUT2D eigenvalue weighted by molar-refractivity contribution is 0.115. The third-order valence-electron chi connectivity index (χ3n) is 4.86. The molecule has 3 rings (SSSR count). The van der Waals surface area contributed by atoms with Gasteiger partial charge in [0.1, 0.15) is 0 Å². The summed E-state index contributed by atoms with van der Waals surface area (Å²) in [6, 6.07) is 7.55. The fourth-order valence-corrected chi connectivity index (χ4v) is 3.53. The molecule has 1 nitrogen and oxygen atoms in total. The second-order valence-electron chi connectivity index (χ2n) is 6.41. The summed E-state index contributed by atoms with van der Waals surface area (Å²) in [5, 5.41) is 3.99. The lowest BCUT2D eigenvalue weighted by atomic mass is 9.67. The monoisotopic (exact) mass is 263 g/mol. The van der Waals surface area contributed by atoms with E-state index in [9.17, 15) is 0 Å². The second kappa shape index (κ2) is 4.54. The fourth-order valence-electron chi connectivity index (χ4n) is 3.19. The van der Waals surface area contributed by atoms with Gasteiger partial charge in [-0.3, -0.25) is 0 Å². The van der Waals surface area contributed by atoms with E-state index >= 15 is 0 Å². The van der Waals surface area contributed by atoms with Crippen molar-refractivity contribution in [1.82, 2.24) is 5.32 Å². The second-order valence-corrected chi connectivity index (χ2v) is 6.94. The number of hydrogen-bond donors (Lipinski definition) is 1. The average molecular weight is 264 g/mol. The summed E-state index contributed by atoms with van der Waals surface area (Å²) < 4.78 is 0. The molecule has 2 atom stereocenters. The summed E-state index contributed by atoms with van der Waals surface area (Å²) in [6.07, 6.45) is 4.96. The van der Waals surface area contributed by atoms with Crippen LogP contribution in [0.25, 0.3) is 0 Å². The summed E-state index contributed by atoms with van der Waals surface area (Å²) in [7, 11) is 0. The molecule has 0 radical (unpaired) electrons. The number of aryl methyl sites for hydroxylation is 2. The standard InChI is InChI=1S/C16H22ClN/c1-16(2)14(17)9-15(16)18-10-11-6-7-12-4-3-5-13(12)8-11/h6-8,14-15,18H,3-5,9-10H2,1-2H3. The first-order chi connectivity index (χ1) is 8.57. The van der Waals surface area contributed by atoms with Crippen LogP contribution >= 0.6 is 11.6 Å². The molecule has 1 fully saturated rings. The quantitative estimate of drug-likeness (QED) is 0.821. The Bertz CT molecular complexity index is 452. The molecule has 0 bridgehead atoms. The minimum Gasteiger partial charge on any atom is -0.309 e. The Morgan fingerprint density at radius 3 is 2.78 bits per heavy atom. The molecule has 2 heteroatoms. The third kappa shape index (κ3) is 2.08. The first kappa shape index (κ1) is 12.5. The zero-order valence-corrected chi connectivity index (χ0v) is 12.1. The molecule has 1 N–H and O–H groups in total. The molecule has 1 saturated carbocycles. The SMILES string of the molecule is CC1(C)C(Cl)CC1NCc1ccc2c(c1)CCC2. The minimum atomic E-state index is 0.234. The van der Waals surface area contributed by atoms with Gasteiger partial charge in [-0.15, -0.1) is 11.6 Å². The van der Waals surface area contributed by atoms with Crippen molar-refractivity contribution in [1.29, 1.82) is 0 Å². The molecule has 18 heavy (non-hydrogen) atoms. The van der Waals surface area contributed by atoms with Gasteiger partial charge in [0, 0.05) is 18.0 Å². The molecule has 1 aromatic rings. The van der Waals surface area contributed by atoms with E-state index in [0.29, 0.717) is 11.4 Å². The van der Waals surface area contributed by atoms with Gasteiger partial charge in [0.25, 0.3) is 0 Å². The molecule has 0 heterocycles. The normalized spacial score (nSPS) is 28.8. The van der Waals surface area contributed by atoms with Crippen LogP contribution in [0.1, 0.15) is 43.4 Å². The average Bonchev–Trinajstić information content (AvgIpc) is 2.81. The van der Waals surface area contributed by atoms with Crippen LogP contribution < -0.4 is 5.32 Å². The maximum Gasteiger partial charge on any atom is 0.0416 e. The zero-order valence-electron chi connectivity index (χ0n) is 11.3. The molecule has 2 aliphatic carbocycles. The summed E-state index contributed by atoms with van der Waals surface area (Å²) in [5.41, 5.74) is 4.78. The minimum absolute atomic E-state index is 0.234. The number of fused-ring (bicyclic) bond motifs is 1.